The molecule has 0 saturated heterocycles. The fraction of sp³-hybridized carbons (Fsp3) is 1.00. The van der Waals surface area contributed by atoms with Gasteiger partial charge in [-0.15, -0.1) is 0 Å². The monoisotopic (exact) mass is 211 g/mol. The smallest absolute Gasteiger partial charge is 0.0837 e. The van der Waals surface area contributed by atoms with Crippen LogP contribution in [0.3, 0.4) is 0 Å². The van der Waals surface area contributed by atoms with Crippen molar-refractivity contribution in [2.75, 3.05) is 13.7 Å². The molecule has 0 aromatic heterocycles. The molecule has 0 spiro atoms. The second-order valence-corrected chi connectivity index (χ2v) is 5.16. The van der Waals surface area contributed by atoms with E-state index in [1.165, 1.54) is 44.9 Å². The molecule has 88 valence electrons. The molecule has 2 aliphatic rings. The van der Waals surface area contributed by atoms with Crippen molar-refractivity contribution < 1.29 is 4.74 Å². The van der Waals surface area contributed by atoms with Crippen molar-refractivity contribution in [3.8, 4) is 0 Å². The molecule has 2 fully saturated rings. The van der Waals surface area contributed by atoms with Crippen LogP contribution in [-0.4, -0.2) is 25.3 Å². The zero-order valence-electron chi connectivity index (χ0n) is 10.2. The van der Waals surface area contributed by atoms with Gasteiger partial charge in [0.2, 0.25) is 0 Å². The average Bonchev–Trinajstić information content (AvgIpc) is 3.05. The van der Waals surface area contributed by atoms with Gasteiger partial charge in [0, 0.05) is 12.6 Å². The number of ether oxygens (including phenoxy) is 1. The Bertz CT molecular complexity index is 189. The van der Waals surface area contributed by atoms with Gasteiger partial charge in [0.25, 0.3) is 0 Å². The Balaban J connectivity index is 2.07. The predicted octanol–water partition coefficient (Wildman–Crippen LogP) is 2.72. The second kappa shape index (κ2) is 4.84. The summed E-state index contributed by atoms with van der Waals surface area (Å²) in [5, 5.41) is 3.53. The van der Waals surface area contributed by atoms with Crippen molar-refractivity contribution in [2.45, 2.75) is 63.5 Å². The van der Waals surface area contributed by atoms with E-state index in [0.29, 0.717) is 6.04 Å². The second-order valence-electron chi connectivity index (χ2n) is 5.16. The molecule has 1 N–H and O–H groups in total. The van der Waals surface area contributed by atoms with E-state index < -0.39 is 0 Å². The highest BCUT2D eigenvalue weighted by atomic mass is 16.5. The fourth-order valence-electron chi connectivity index (χ4n) is 3.34. The first-order valence-electron chi connectivity index (χ1n) is 6.63. The number of likely N-dealkylation sites (N-methyl/N-ethyl adjacent to an activating group) is 1. The summed E-state index contributed by atoms with van der Waals surface area (Å²) in [6, 6.07) is 0.609. The molecular weight excluding hydrogens is 186 g/mol. The Morgan fingerprint density at radius 3 is 2.40 bits per heavy atom. The third kappa shape index (κ3) is 2.36. The van der Waals surface area contributed by atoms with Gasteiger partial charge in [-0.25, -0.2) is 0 Å². The lowest BCUT2D eigenvalue weighted by Crippen LogP contribution is -2.54. The summed E-state index contributed by atoms with van der Waals surface area (Å²) in [5.41, 5.74) is 0.170. The van der Waals surface area contributed by atoms with Crippen molar-refractivity contribution in [1.29, 1.82) is 0 Å². The number of hydrogen-bond donors (Lipinski definition) is 1. The topological polar surface area (TPSA) is 21.3 Å². The largest absolute Gasteiger partial charge is 0.374 e. The molecule has 15 heavy (non-hydrogen) atoms. The van der Waals surface area contributed by atoms with Gasteiger partial charge in [0.15, 0.2) is 0 Å². The van der Waals surface area contributed by atoms with Crippen LogP contribution in [0.4, 0.5) is 0 Å². The Morgan fingerprint density at radius 2 is 1.93 bits per heavy atom. The minimum absolute atomic E-state index is 0.170. The van der Waals surface area contributed by atoms with E-state index in [1.54, 1.807) is 0 Å². The van der Waals surface area contributed by atoms with Gasteiger partial charge in [-0.2, -0.15) is 0 Å². The van der Waals surface area contributed by atoms with Gasteiger partial charge in [-0.1, -0.05) is 19.3 Å². The molecule has 2 rings (SSSR count). The zero-order chi connectivity index (χ0) is 10.7. The SMILES string of the molecule is CCOC1(C(NC)C2CC2)CCCCC1. The van der Waals surface area contributed by atoms with Crippen LogP contribution in [0.25, 0.3) is 0 Å². The van der Waals surface area contributed by atoms with Crippen molar-refractivity contribution in [3.05, 3.63) is 0 Å². The van der Waals surface area contributed by atoms with Crippen molar-refractivity contribution >= 4 is 0 Å². The lowest BCUT2D eigenvalue weighted by molar-refractivity contribution is -0.0931. The number of hydrogen-bond acceptors (Lipinski definition) is 2. The van der Waals surface area contributed by atoms with Crippen LogP contribution in [0.1, 0.15) is 51.9 Å². The summed E-state index contributed by atoms with van der Waals surface area (Å²) in [4.78, 5) is 0. The Kier molecular flexibility index (Phi) is 3.68. The van der Waals surface area contributed by atoms with Crippen LogP contribution < -0.4 is 5.32 Å². The minimum Gasteiger partial charge on any atom is -0.374 e. The highest BCUT2D eigenvalue weighted by Crippen LogP contribution is 2.44. The van der Waals surface area contributed by atoms with Gasteiger partial charge < -0.3 is 10.1 Å². The molecule has 2 aliphatic carbocycles. The predicted molar refractivity (Wildman–Crippen MR) is 63.0 cm³/mol. The lowest BCUT2D eigenvalue weighted by atomic mass is 9.77. The molecule has 2 nitrogen and oxygen atoms in total. The van der Waals surface area contributed by atoms with Crippen molar-refractivity contribution in [1.82, 2.24) is 5.32 Å². The molecule has 0 aliphatic heterocycles. The zero-order valence-corrected chi connectivity index (χ0v) is 10.2. The normalized spacial score (nSPS) is 27.6. The summed E-state index contributed by atoms with van der Waals surface area (Å²) in [7, 11) is 2.11. The van der Waals surface area contributed by atoms with Gasteiger partial charge in [-0.3, -0.25) is 0 Å². The van der Waals surface area contributed by atoms with E-state index in [-0.39, 0.29) is 5.60 Å². The Labute approximate surface area is 93.8 Å². The van der Waals surface area contributed by atoms with Crippen molar-refractivity contribution in [2.24, 2.45) is 5.92 Å². The van der Waals surface area contributed by atoms with Crippen molar-refractivity contribution in [3.63, 3.8) is 0 Å². The summed E-state index contributed by atoms with van der Waals surface area (Å²) >= 11 is 0. The van der Waals surface area contributed by atoms with Crippen LogP contribution >= 0.6 is 0 Å². The van der Waals surface area contributed by atoms with Gasteiger partial charge >= 0.3 is 0 Å². The van der Waals surface area contributed by atoms with E-state index in [0.717, 1.165) is 12.5 Å². The van der Waals surface area contributed by atoms with Gasteiger partial charge in [0.05, 0.1) is 5.60 Å². The minimum atomic E-state index is 0.170. The standard InChI is InChI=1S/C13H25NO/c1-3-15-13(9-5-4-6-10-13)12(14-2)11-7-8-11/h11-12,14H,3-10H2,1-2H3. The molecule has 1 atom stereocenters. The van der Waals surface area contributed by atoms with Gasteiger partial charge in [0.1, 0.15) is 0 Å². The third-order valence-electron chi connectivity index (χ3n) is 4.10. The van der Waals surface area contributed by atoms with Crippen LogP contribution in [0, 0.1) is 5.92 Å². The fourth-order valence-corrected chi connectivity index (χ4v) is 3.34. The molecule has 0 bridgehead atoms. The van der Waals surface area contributed by atoms with Crippen LogP contribution in [0.2, 0.25) is 0 Å². The van der Waals surface area contributed by atoms with Gasteiger partial charge in [-0.05, 0) is 45.6 Å². The third-order valence-corrected chi connectivity index (χ3v) is 4.10. The van der Waals surface area contributed by atoms with Crippen LogP contribution in [-0.2, 0) is 4.74 Å². The molecule has 2 heteroatoms. The molecule has 0 aromatic carbocycles. The number of nitrogens with one attached hydrogen (secondary N) is 1. The Morgan fingerprint density at radius 1 is 1.27 bits per heavy atom. The first-order chi connectivity index (χ1) is 7.32. The quantitative estimate of drug-likeness (QED) is 0.755. The molecule has 0 amide bonds. The van der Waals surface area contributed by atoms with E-state index >= 15 is 0 Å². The lowest BCUT2D eigenvalue weighted by Gasteiger charge is -2.43. The van der Waals surface area contributed by atoms with Crippen LogP contribution in [0.15, 0.2) is 0 Å². The summed E-state index contributed by atoms with van der Waals surface area (Å²) in [5.74, 6) is 0.889. The maximum absolute atomic E-state index is 6.16. The maximum atomic E-state index is 6.16. The van der Waals surface area contributed by atoms with Crippen LogP contribution in [0.5, 0.6) is 0 Å². The average molecular weight is 211 g/mol. The summed E-state index contributed by atoms with van der Waals surface area (Å²) in [6.07, 6.45) is 9.44. The highest BCUT2D eigenvalue weighted by Gasteiger charge is 2.46. The molecule has 1 unspecified atom stereocenters. The highest BCUT2D eigenvalue weighted by molar-refractivity contribution is 5.02. The molecule has 0 radical (unpaired) electrons. The molecule has 2 saturated carbocycles. The van der Waals surface area contributed by atoms with E-state index in [2.05, 4.69) is 19.3 Å². The number of rotatable bonds is 5. The van der Waals surface area contributed by atoms with E-state index in [1.807, 2.05) is 0 Å². The molecule has 0 heterocycles. The van der Waals surface area contributed by atoms with E-state index in [4.69, 9.17) is 4.74 Å². The first-order valence-corrected chi connectivity index (χ1v) is 6.63. The first kappa shape index (κ1) is 11.4. The Hall–Kier alpha value is -0.0800. The summed E-state index contributed by atoms with van der Waals surface area (Å²) < 4.78 is 6.16. The summed E-state index contributed by atoms with van der Waals surface area (Å²) in [6.45, 7) is 3.00. The maximum Gasteiger partial charge on any atom is 0.0837 e. The molecular formula is C13H25NO. The molecule has 0 aromatic rings. The van der Waals surface area contributed by atoms with E-state index in [9.17, 15) is 0 Å².